The zero-order valence-electron chi connectivity index (χ0n) is 8.92. The molecule has 0 aliphatic rings. The predicted octanol–water partition coefficient (Wildman–Crippen LogP) is 1.62. The molecule has 84 valence electrons. The topological polar surface area (TPSA) is 46.2 Å². The van der Waals surface area contributed by atoms with Crippen molar-refractivity contribution < 1.29 is 14.0 Å². The Hall–Kier alpha value is -1.97. The fourth-order valence-electron chi connectivity index (χ4n) is 1.16. The van der Waals surface area contributed by atoms with Gasteiger partial charge in [-0.1, -0.05) is 6.08 Å². The average Bonchev–Trinajstić information content (AvgIpc) is 2.28. The van der Waals surface area contributed by atoms with Gasteiger partial charge in [-0.05, 0) is 30.7 Å². The van der Waals surface area contributed by atoms with Crippen LogP contribution in [0.3, 0.4) is 0 Å². The number of nitrogens with one attached hydrogen (secondary N) is 1. The van der Waals surface area contributed by atoms with Crippen molar-refractivity contribution in [3.05, 3.63) is 47.8 Å². The first-order valence-electron chi connectivity index (χ1n) is 4.76. The highest BCUT2D eigenvalue weighted by atomic mass is 19.1. The van der Waals surface area contributed by atoms with E-state index in [-0.39, 0.29) is 12.1 Å². The lowest BCUT2D eigenvalue weighted by molar-refractivity contribution is -0.116. The van der Waals surface area contributed by atoms with Gasteiger partial charge in [0.25, 0.3) is 5.91 Å². The molecule has 1 aromatic carbocycles. The highest BCUT2D eigenvalue weighted by molar-refractivity contribution is 6.42. The van der Waals surface area contributed by atoms with Crippen LogP contribution in [0.2, 0.25) is 0 Å². The van der Waals surface area contributed by atoms with Gasteiger partial charge in [0.2, 0.25) is 5.78 Å². The molecule has 16 heavy (non-hydrogen) atoms. The molecule has 0 radical (unpaired) electrons. The van der Waals surface area contributed by atoms with Crippen LogP contribution in [0.1, 0.15) is 15.9 Å². The number of ketones is 1. The van der Waals surface area contributed by atoms with Gasteiger partial charge in [0.05, 0.1) is 0 Å². The van der Waals surface area contributed by atoms with E-state index < -0.39 is 17.5 Å². The molecule has 0 saturated heterocycles. The summed E-state index contributed by atoms with van der Waals surface area (Å²) in [6, 6.07) is 3.81. The van der Waals surface area contributed by atoms with Crippen molar-refractivity contribution in [1.82, 2.24) is 5.32 Å². The molecule has 0 heterocycles. The summed E-state index contributed by atoms with van der Waals surface area (Å²) in [6.45, 7) is 5.18. The number of hydrogen-bond acceptors (Lipinski definition) is 2. The summed E-state index contributed by atoms with van der Waals surface area (Å²) in [5.41, 5.74) is 0.517. The minimum absolute atomic E-state index is 0.181. The van der Waals surface area contributed by atoms with E-state index in [0.717, 1.165) is 0 Å². The Morgan fingerprint density at radius 1 is 1.50 bits per heavy atom. The monoisotopic (exact) mass is 221 g/mol. The second-order valence-electron chi connectivity index (χ2n) is 3.29. The number of carbonyl (C=O) groups is 2. The first kappa shape index (κ1) is 12.1. The number of halogens is 1. The van der Waals surface area contributed by atoms with E-state index in [0.29, 0.717) is 5.56 Å². The number of aryl methyl sites for hydroxylation is 1. The fraction of sp³-hybridized carbons (Fsp3) is 0.167. The van der Waals surface area contributed by atoms with Crippen molar-refractivity contribution in [1.29, 1.82) is 0 Å². The van der Waals surface area contributed by atoms with Crippen LogP contribution in [0.15, 0.2) is 30.9 Å². The maximum atomic E-state index is 12.9. The molecular formula is C12H12FNO2. The van der Waals surface area contributed by atoms with Crippen molar-refractivity contribution in [3.8, 4) is 0 Å². The molecule has 0 spiro atoms. The number of hydrogen-bond donors (Lipinski definition) is 1. The summed E-state index contributed by atoms with van der Waals surface area (Å²) in [7, 11) is 0. The predicted molar refractivity (Wildman–Crippen MR) is 58.7 cm³/mol. The van der Waals surface area contributed by atoms with Gasteiger partial charge in [-0.2, -0.15) is 0 Å². The van der Waals surface area contributed by atoms with E-state index >= 15 is 0 Å². The summed E-state index contributed by atoms with van der Waals surface area (Å²) >= 11 is 0. The van der Waals surface area contributed by atoms with Crippen LogP contribution in [-0.4, -0.2) is 18.2 Å². The largest absolute Gasteiger partial charge is 0.346 e. The Morgan fingerprint density at radius 3 is 2.75 bits per heavy atom. The van der Waals surface area contributed by atoms with Gasteiger partial charge in [0, 0.05) is 12.1 Å². The minimum Gasteiger partial charge on any atom is -0.346 e. The quantitative estimate of drug-likeness (QED) is 0.477. The summed E-state index contributed by atoms with van der Waals surface area (Å²) in [6.07, 6.45) is 1.47. The Balaban J connectivity index is 2.84. The van der Waals surface area contributed by atoms with Crippen molar-refractivity contribution in [2.24, 2.45) is 0 Å². The Morgan fingerprint density at radius 2 is 2.19 bits per heavy atom. The van der Waals surface area contributed by atoms with Crippen LogP contribution in [-0.2, 0) is 4.79 Å². The number of amides is 1. The van der Waals surface area contributed by atoms with Crippen LogP contribution in [0.25, 0.3) is 0 Å². The highest BCUT2D eigenvalue weighted by Crippen LogP contribution is 2.09. The van der Waals surface area contributed by atoms with Gasteiger partial charge in [-0.25, -0.2) is 4.39 Å². The third kappa shape index (κ3) is 2.76. The lowest BCUT2D eigenvalue weighted by Crippen LogP contribution is -2.31. The number of benzene rings is 1. The van der Waals surface area contributed by atoms with Gasteiger partial charge in [0.1, 0.15) is 5.82 Å². The normalized spacial score (nSPS) is 9.62. The zero-order chi connectivity index (χ0) is 12.1. The molecule has 0 saturated carbocycles. The van der Waals surface area contributed by atoms with Crippen molar-refractivity contribution in [2.75, 3.05) is 6.54 Å². The smallest absolute Gasteiger partial charge is 0.292 e. The van der Waals surface area contributed by atoms with E-state index in [9.17, 15) is 14.0 Å². The van der Waals surface area contributed by atoms with Crippen LogP contribution in [0.4, 0.5) is 4.39 Å². The van der Waals surface area contributed by atoms with E-state index in [1.165, 1.54) is 31.2 Å². The van der Waals surface area contributed by atoms with Crippen LogP contribution in [0.5, 0.6) is 0 Å². The van der Waals surface area contributed by atoms with Crippen LogP contribution in [0, 0.1) is 12.7 Å². The fourth-order valence-corrected chi connectivity index (χ4v) is 1.16. The van der Waals surface area contributed by atoms with Crippen molar-refractivity contribution in [2.45, 2.75) is 6.92 Å². The highest BCUT2D eigenvalue weighted by Gasteiger charge is 2.15. The standard InChI is InChI=1S/C12H12FNO2/c1-3-6-14-12(16)11(15)9-4-5-10(13)8(2)7-9/h3-5,7H,1,6H2,2H3,(H,14,16). The second-order valence-corrected chi connectivity index (χ2v) is 3.29. The second kappa shape index (κ2) is 5.21. The molecule has 0 aromatic heterocycles. The molecule has 1 N–H and O–H groups in total. The number of Topliss-reactive ketones (excluding diaryl/α,β-unsaturated/α-hetero) is 1. The van der Waals surface area contributed by atoms with E-state index in [4.69, 9.17) is 0 Å². The number of rotatable bonds is 4. The molecule has 0 bridgehead atoms. The van der Waals surface area contributed by atoms with Gasteiger partial charge in [-0.3, -0.25) is 9.59 Å². The third-order valence-corrected chi connectivity index (χ3v) is 2.03. The van der Waals surface area contributed by atoms with Gasteiger partial charge in [0.15, 0.2) is 0 Å². The molecule has 1 rings (SSSR count). The zero-order valence-corrected chi connectivity index (χ0v) is 8.92. The molecule has 4 heteroatoms. The lowest BCUT2D eigenvalue weighted by Gasteiger charge is -2.03. The first-order valence-corrected chi connectivity index (χ1v) is 4.76. The maximum Gasteiger partial charge on any atom is 0.292 e. The van der Waals surface area contributed by atoms with Crippen molar-refractivity contribution in [3.63, 3.8) is 0 Å². The average molecular weight is 221 g/mol. The molecule has 0 aliphatic heterocycles. The van der Waals surface area contributed by atoms with Gasteiger partial charge < -0.3 is 5.32 Å². The van der Waals surface area contributed by atoms with Crippen LogP contribution >= 0.6 is 0 Å². The molecule has 0 unspecified atom stereocenters. The molecule has 0 fully saturated rings. The van der Waals surface area contributed by atoms with E-state index in [1.54, 1.807) is 0 Å². The molecular weight excluding hydrogens is 209 g/mol. The summed E-state index contributed by atoms with van der Waals surface area (Å²) in [5, 5.41) is 2.36. The van der Waals surface area contributed by atoms with Crippen LogP contribution < -0.4 is 5.32 Å². The molecule has 3 nitrogen and oxygen atoms in total. The SMILES string of the molecule is C=CCNC(=O)C(=O)c1ccc(F)c(C)c1. The molecule has 0 atom stereocenters. The molecule has 0 aliphatic carbocycles. The van der Waals surface area contributed by atoms with Gasteiger partial charge >= 0.3 is 0 Å². The molecule has 1 aromatic rings. The summed E-state index contributed by atoms with van der Waals surface area (Å²) in [5.74, 6) is -1.79. The summed E-state index contributed by atoms with van der Waals surface area (Å²) < 4.78 is 12.9. The van der Waals surface area contributed by atoms with E-state index in [1.807, 2.05) is 0 Å². The Bertz CT molecular complexity index is 441. The van der Waals surface area contributed by atoms with E-state index in [2.05, 4.69) is 11.9 Å². The Kier molecular flexibility index (Phi) is 3.94. The third-order valence-electron chi connectivity index (χ3n) is 2.03. The minimum atomic E-state index is -0.717. The molecule has 1 amide bonds. The van der Waals surface area contributed by atoms with Crippen molar-refractivity contribution >= 4 is 11.7 Å². The number of carbonyl (C=O) groups excluding carboxylic acids is 2. The summed E-state index contributed by atoms with van der Waals surface area (Å²) in [4.78, 5) is 22.8. The van der Waals surface area contributed by atoms with Gasteiger partial charge in [-0.15, -0.1) is 6.58 Å². The first-order chi connectivity index (χ1) is 7.56. The Labute approximate surface area is 93.0 Å². The lowest BCUT2D eigenvalue weighted by atomic mass is 10.1. The maximum absolute atomic E-state index is 12.9.